The number of nitrogens with one attached hydrogen (secondary N) is 1. The fourth-order valence-electron chi connectivity index (χ4n) is 13.4. The molecule has 0 aliphatic heterocycles. The Kier molecular flexibility index (Phi) is 10.0. The molecule has 5 aliphatic rings. The standard InChI is InChI=1S/C48H66N2O4/c1-33(51)54-40-22-23-45(6)38(44(40,4)5)21-24-47(8)39(45)20-19-36-37-29-43(2,3)25-27-48(37,28-26-46(36,47)7)42(53)50(31-35-17-13-10-14-18-35)32-41(52)49-30-34-15-11-9-12-16-34/h9-19,37-40H,20-32H2,1-8H3,(H,49,52)/t37-,38-,39+,40-,45-,46+,47+,48-/m0/s1. The van der Waals surface area contributed by atoms with Crippen LogP contribution in [0.2, 0.25) is 0 Å². The van der Waals surface area contributed by atoms with Gasteiger partial charge < -0.3 is 15.0 Å². The van der Waals surface area contributed by atoms with E-state index in [9.17, 15) is 9.59 Å². The van der Waals surface area contributed by atoms with Crippen molar-refractivity contribution in [3.63, 3.8) is 0 Å². The Labute approximate surface area is 325 Å². The van der Waals surface area contributed by atoms with Crippen molar-refractivity contribution in [1.29, 1.82) is 0 Å². The lowest BCUT2D eigenvalue weighted by Gasteiger charge is -2.71. The van der Waals surface area contributed by atoms with Gasteiger partial charge in [0.1, 0.15) is 6.10 Å². The molecule has 1 N–H and O–H groups in total. The lowest BCUT2D eigenvalue weighted by Crippen LogP contribution is -2.65. The van der Waals surface area contributed by atoms with E-state index in [0.29, 0.717) is 24.9 Å². The van der Waals surface area contributed by atoms with Crippen molar-refractivity contribution in [2.75, 3.05) is 6.54 Å². The Balaban J connectivity index is 1.22. The quantitative estimate of drug-likeness (QED) is 0.216. The molecule has 6 heteroatoms. The Morgan fingerprint density at radius 3 is 2.09 bits per heavy atom. The summed E-state index contributed by atoms with van der Waals surface area (Å²) in [4.78, 5) is 43.2. The SMILES string of the molecule is CC(=O)O[C@H]1CC[C@]2(C)[C@H]3CC=C4[C@@H]5CC(C)(C)CC[C@]5(C(=O)N(CC(=O)NCc5ccccc5)Cc5ccccc5)CC[C@@]4(C)[C@]3(C)CC[C@H]2C1(C)C. The zero-order valence-corrected chi connectivity index (χ0v) is 34.4. The van der Waals surface area contributed by atoms with Gasteiger partial charge in [0, 0.05) is 25.4 Å². The molecule has 4 saturated carbocycles. The summed E-state index contributed by atoms with van der Waals surface area (Å²) in [7, 11) is 0. The van der Waals surface area contributed by atoms with Gasteiger partial charge in [-0.3, -0.25) is 14.4 Å². The highest BCUT2D eigenvalue weighted by Crippen LogP contribution is 2.76. The fourth-order valence-corrected chi connectivity index (χ4v) is 13.4. The molecule has 0 unspecified atom stereocenters. The zero-order valence-electron chi connectivity index (χ0n) is 34.4. The molecule has 2 amide bonds. The van der Waals surface area contributed by atoms with Gasteiger partial charge in [0.25, 0.3) is 0 Å². The highest BCUT2D eigenvalue weighted by molar-refractivity contribution is 5.89. The number of allylic oxidation sites excluding steroid dienone is 2. The Morgan fingerprint density at radius 1 is 0.778 bits per heavy atom. The summed E-state index contributed by atoms with van der Waals surface area (Å²) >= 11 is 0. The number of rotatable bonds is 8. The van der Waals surface area contributed by atoms with E-state index in [1.54, 1.807) is 6.92 Å². The molecule has 2 aromatic carbocycles. The summed E-state index contributed by atoms with van der Waals surface area (Å²) in [5.41, 5.74) is 3.40. The largest absolute Gasteiger partial charge is 0.462 e. The molecule has 7 rings (SSSR count). The monoisotopic (exact) mass is 735 g/mol. The van der Waals surface area contributed by atoms with E-state index in [1.165, 1.54) is 5.57 Å². The minimum absolute atomic E-state index is 0.0139. The molecule has 0 saturated heterocycles. The van der Waals surface area contributed by atoms with E-state index in [0.717, 1.165) is 75.3 Å². The molecule has 0 spiro atoms. The van der Waals surface area contributed by atoms with Gasteiger partial charge in [0.05, 0.1) is 12.0 Å². The zero-order chi connectivity index (χ0) is 38.7. The van der Waals surface area contributed by atoms with Crippen LogP contribution in [-0.2, 0) is 32.2 Å². The predicted octanol–water partition coefficient (Wildman–Crippen LogP) is 10.1. The van der Waals surface area contributed by atoms with E-state index in [-0.39, 0.29) is 63.4 Å². The maximum Gasteiger partial charge on any atom is 0.302 e. The van der Waals surface area contributed by atoms with Crippen LogP contribution in [0.15, 0.2) is 72.3 Å². The Hall–Kier alpha value is -3.41. The molecule has 8 atom stereocenters. The number of fused-ring (bicyclic) bond motifs is 7. The van der Waals surface area contributed by atoms with Crippen LogP contribution < -0.4 is 5.32 Å². The number of esters is 1. The van der Waals surface area contributed by atoms with Crippen molar-refractivity contribution in [3.05, 3.63) is 83.4 Å². The van der Waals surface area contributed by atoms with Gasteiger partial charge in [-0.05, 0) is 115 Å². The molecule has 54 heavy (non-hydrogen) atoms. The average Bonchev–Trinajstić information content (AvgIpc) is 3.12. The van der Waals surface area contributed by atoms with Gasteiger partial charge in [-0.25, -0.2) is 0 Å². The van der Waals surface area contributed by atoms with Crippen LogP contribution in [0.3, 0.4) is 0 Å². The molecule has 292 valence electrons. The third kappa shape index (κ3) is 6.45. The van der Waals surface area contributed by atoms with E-state index < -0.39 is 5.41 Å². The van der Waals surface area contributed by atoms with E-state index in [1.807, 2.05) is 53.4 Å². The van der Waals surface area contributed by atoms with Crippen LogP contribution in [0.4, 0.5) is 0 Å². The minimum Gasteiger partial charge on any atom is -0.462 e. The molecule has 5 aliphatic carbocycles. The van der Waals surface area contributed by atoms with Crippen molar-refractivity contribution in [2.45, 2.75) is 139 Å². The van der Waals surface area contributed by atoms with Crippen LogP contribution in [0, 0.1) is 50.2 Å². The summed E-state index contributed by atoms with van der Waals surface area (Å²) in [5, 5.41) is 3.12. The van der Waals surface area contributed by atoms with Crippen LogP contribution in [0.25, 0.3) is 0 Å². The molecule has 0 radical (unpaired) electrons. The summed E-state index contributed by atoms with van der Waals surface area (Å²) in [6, 6.07) is 20.2. The van der Waals surface area contributed by atoms with Gasteiger partial charge >= 0.3 is 5.97 Å². The lowest BCUT2D eigenvalue weighted by atomic mass is 9.33. The highest BCUT2D eigenvalue weighted by Gasteiger charge is 2.69. The smallest absolute Gasteiger partial charge is 0.302 e. The molecule has 0 aromatic heterocycles. The first kappa shape index (κ1) is 38.8. The third-order valence-corrected chi connectivity index (χ3v) is 16.5. The van der Waals surface area contributed by atoms with Crippen molar-refractivity contribution >= 4 is 17.8 Å². The van der Waals surface area contributed by atoms with Gasteiger partial charge in [0.15, 0.2) is 0 Å². The first-order valence-electron chi connectivity index (χ1n) is 21.0. The fraction of sp³-hybridized carbons (Fsp3) is 0.646. The maximum atomic E-state index is 15.5. The number of benzene rings is 2. The molecule has 6 nitrogen and oxygen atoms in total. The molecule has 2 aromatic rings. The number of carbonyl (C=O) groups excluding carboxylic acids is 3. The van der Waals surface area contributed by atoms with E-state index in [4.69, 9.17) is 4.74 Å². The number of nitrogens with zero attached hydrogens (tertiary/aromatic N) is 1. The van der Waals surface area contributed by atoms with Crippen LogP contribution >= 0.6 is 0 Å². The molecular weight excluding hydrogens is 669 g/mol. The van der Waals surface area contributed by atoms with Crippen molar-refractivity contribution in [2.24, 2.45) is 50.2 Å². The number of ether oxygens (including phenoxy) is 1. The van der Waals surface area contributed by atoms with E-state index in [2.05, 4.69) is 72.0 Å². The normalized spacial score (nSPS) is 36.2. The second-order valence-corrected chi connectivity index (χ2v) is 20.2. The van der Waals surface area contributed by atoms with Crippen LogP contribution in [-0.4, -0.2) is 35.3 Å². The summed E-state index contributed by atoms with van der Waals surface area (Å²) < 4.78 is 5.98. The predicted molar refractivity (Wildman–Crippen MR) is 215 cm³/mol. The van der Waals surface area contributed by atoms with Crippen LogP contribution in [0.1, 0.15) is 131 Å². The van der Waals surface area contributed by atoms with Gasteiger partial charge in [-0.1, -0.05) is 121 Å². The number of amides is 2. The average molecular weight is 735 g/mol. The Morgan fingerprint density at radius 2 is 1.43 bits per heavy atom. The number of hydrogen-bond acceptors (Lipinski definition) is 4. The van der Waals surface area contributed by atoms with E-state index >= 15 is 4.79 Å². The number of hydrogen-bond donors (Lipinski definition) is 1. The maximum absolute atomic E-state index is 15.5. The first-order valence-corrected chi connectivity index (χ1v) is 21.0. The number of carbonyl (C=O) groups is 3. The van der Waals surface area contributed by atoms with Gasteiger partial charge in [-0.2, -0.15) is 0 Å². The molecular formula is C48H66N2O4. The lowest BCUT2D eigenvalue weighted by molar-refractivity contribution is -0.212. The topological polar surface area (TPSA) is 75.7 Å². The second-order valence-electron chi connectivity index (χ2n) is 20.2. The first-order chi connectivity index (χ1) is 25.5. The summed E-state index contributed by atoms with van der Waals surface area (Å²) in [6.45, 7) is 19.7. The van der Waals surface area contributed by atoms with Crippen LogP contribution in [0.5, 0.6) is 0 Å². The molecule has 0 heterocycles. The van der Waals surface area contributed by atoms with Gasteiger partial charge in [-0.15, -0.1) is 0 Å². The Bertz CT molecular complexity index is 1770. The summed E-state index contributed by atoms with van der Waals surface area (Å²) in [6.07, 6.45) is 12.7. The van der Waals surface area contributed by atoms with Crippen molar-refractivity contribution < 1.29 is 19.1 Å². The van der Waals surface area contributed by atoms with Crippen molar-refractivity contribution in [1.82, 2.24) is 10.2 Å². The highest BCUT2D eigenvalue weighted by atomic mass is 16.5. The van der Waals surface area contributed by atoms with Crippen molar-refractivity contribution in [3.8, 4) is 0 Å². The minimum atomic E-state index is -0.524. The van der Waals surface area contributed by atoms with Gasteiger partial charge in [0.2, 0.25) is 11.8 Å². The third-order valence-electron chi connectivity index (χ3n) is 16.5. The summed E-state index contributed by atoms with van der Waals surface area (Å²) in [5.74, 6) is 1.04. The second kappa shape index (κ2) is 14.0. The molecule has 0 bridgehead atoms. The molecule has 4 fully saturated rings.